The molecule has 5 aromatic carbocycles. The van der Waals surface area contributed by atoms with Gasteiger partial charge in [-0.25, -0.2) is 4.90 Å². The molecule has 1 aliphatic heterocycles. The third-order valence-corrected chi connectivity index (χ3v) is 10.5. The molecule has 0 aromatic heterocycles. The van der Waals surface area contributed by atoms with Gasteiger partial charge in [0, 0.05) is 0 Å². The van der Waals surface area contributed by atoms with Crippen LogP contribution in [0.1, 0.15) is 43.7 Å². The maximum absolute atomic E-state index is 16.0. The van der Waals surface area contributed by atoms with Crippen LogP contribution in [-0.4, -0.2) is 23.6 Å². The van der Waals surface area contributed by atoms with Crippen molar-refractivity contribution < 1.29 is 24.3 Å². The van der Waals surface area contributed by atoms with Crippen LogP contribution < -0.4 is 10.0 Å². The number of imide groups is 1. The largest absolute Gasteiger partial charge is 0.545 e. The third-order valence-electron chi connectivity index (χ3n) is 10.5. The first kappa shape index (κ1) is 29.5. The van der Waals surface area contributed by atoms with E-state index < -0.39 is 40.4 Å². The lowest BCUT2D eigenvalue weighted by Crippen LogP contribution is -2.45. The van der Waals surface area contributed by atoms with Gasteiger partial charge in [0.25, 0.3) is 0 Å². The summed E-state index contributed by atoms with van der Waals surface area (Å²) in [6.45, 7) is 3.99. The first-order valence-corrected chi connectivity index (χ1v) is 16.0. The normalized spacial score (nSPS) is 24.4. The van der Waals surface area contributed by atoms with Crippen molar-refractivity contribution in [2.75, 3.05) is 4.90 Å². The lowest BCUT2D eigenvalue weighted by Gasteiger charge is -2.39. The van der Waals surface area contributed by atoms with E-state index in [4.69, 9.17) is 0 Å². The van der Waals surface area contributed by atoms with Crippen LogP contribution in [0.5, 0.6) is 0 Å². The first-order valence-electron chi connectivity index (χ1n) is 16.0. The Balaban J connectivity index is 1.54. The lowest BCUT2D eigenvalue weighted by molar-refractivity contribution is -0.255. The molecule has 1 saturated carbocycles. The number of aromatic carboxylic acids is 1. The van der Waals surface area contributed by atoms with E-state index in [2.05, 4.69) is 0 Å². The molecule has 6 heteroatoms. The second-order valence-electron chi connectivity index (χ2n) is 13.0. The van der Waals surface area contributed by atoms with Gasteiger partial charge in [0.05, 0.1) is 34.3 Å². The Morgan fingerprint density at radius 1 is 0.583 bits per heavy atom. The number of benzene rings is 5. The van der Waals surface area contributed by atoms with Crippen LogP contribution in [0.2, 0.25) is 0 Å². The van der Waals surface area contributed by atoms with E-state index in [1.807, 2.05) is 123 Å². The second-order valence-corrected chi connectivity index (χ2v) is 13.0. The van der Waals surface area contributed by atoms with E-state index in [9.17, 15) is 9.90 Å². The number of amides is 2. The summed E-state index contributed by atoms with van der Waals surface area (Å²) in [5.41, 5.74) is 3.26. The Morgan fingerprint density at radius 2 is 1.02 bits per heavy atom. The number of anilines is 1. The molecule has 0 unspecified atom stereocenters. The second kappa shape index (κ2) is 10.6. The number of carbonyl (C=O) groups is 4. The number of hydrogen-bond acceptors (Lipinski definition) is 5. The standard InChI is InChI=1S/C42H31NO5/c1-25-16-20-27(21-17-25)33-34(28-22-18-26(2)19-23-28)42(31-13-7-4-8-14-31)36-35(41(33,40(42)48)30-11-5-3-6-12-30)37(44)43(38(36)45)32-15-9-10-29(24-32)39(46)47/h3-24,35-36H,1-2H3,(H,46,47)/p-1/t35-,36+,41-,42+. The number of carboxylic acids is 1. The number of allylic oxidation sites excluding steroid dienone is 2. The molecule has 3 aliphatic rings. The maximum atomic E-state index is 16.0. The average Bonchev–Trinajstić information content (AvgIpc) is 3.62. The van der Waals surface area contributed by atoms with E-state index in [1.165, 1.54) is 18.2 Å². The molecule has 1 heterocycles. The molecule has 2 amide bonds. The number of Topliss-reactive ketones (excluding diaryl/α,β-unsaturated/α-hetero) is 1. The number of ketones is 1. The molecule has 1 saturated heterocycles. The van der Waals surface area contributed by atoms with Gasteiger partial charge >= 0.3 is 0 Å². The van der Waals surface area contributed by atoms with Gasteiger partial charge in [0.1, 0.15) is 0 Å². The minimum Gasteiger partial charge on any atom is -0.545 e. The van der Waals surface area contributed by atoms with Crippen molar-refractivity contribution in [3.05, 3.63) is 172 Å². The molecule has 48 heavy (non-hydrogen) atoms. The zero-order chi connectivity index (χ0) is 33.4. The molecule has 4 atom stereocenters. The topological polar surface area (TPSA) is 94.6 Å². The zero-order valence-electron chi connectivity index (χ0n) is 26.3. The molecule has 2 fully saturated rings. The molecule has 0 spiro atoms. The van der Waals surface area contributed by atoms with Gasteiger partial charge in [-0.3, -0.25) is 14.4 Å². The van der Waals surface area contributed by atoms with Gasteiger partial charge in [-0.1, -0.05) is 132 Å². The van der Waals surface area contributed by atoms with Crippen molar-refractivity contribution in [1.29, 1.82) is 0 Å². The molecule has 0 radical (unpaired) electrons. The lowest BCUT2D eigenvalue weighted by atomic mass is 9.59. The predicted octanol–water partition coefficient (Wildman–Crippen LogP) is 5.86. The van der Waals surface area contributed by atoms with Crippen molar-refractivity contribution >= 4 is 40.4 Å². The Bertz CT molecular complexity index is 2060. The van der Waals surface area contributed by atoms with Crippen molar-refractivity contribution in [2.45, 2.75) is 24.7 Å². The fourth-order valence-corrected chi connectivity index (χ4v) is 8.59. The van der Waals surface area contributed by atoms with Gasteiger partial charge in [0.15, 0.2) is 5.78 Å². The fraction of sp³-hybridized carbons (Fsp3) is 0.143. The van der Waals surface area contributed by atoms with Crippen molar-refractivity contribution in [2.24, 2.45) is 11.8 Å². The highest BCUT2D eigenvalue weighted by Crippen LogP contribution is 2.74. The zero-order valence-corrected chi connectivity index (χ0v) is 26.3. The van der Waals surface area contributed by atoms with Crippen LogP contribution in [0, 0.1) is 25.7 Å². The minimum atomic E-state index is -1.54. The Morgan fingerprint density at radius 3 is 1.44 bits per heavy atom. The number of hydrogen-bond donors (Lipinski definition) is 0. The Kier molecular flexibility index (Phi) is 6.50. The summed E-state index contributed by atoms with van der Waals surface area (Å²) in [6, 6.07) is 40.3. The van der Waals surface area contributed by atoms with E-state index in [0.717, 1.165) is 27.2 Å². The molecule has 6 nitrogen and oxygen atoms in total. The van der Waals surface area contributed by atoms with Gasteiger partial charge in [-0.05, 0) is 64.9 Å². The van der Waals surface area contributed by atoms with E-state index in [0.29, 0.717) is 22.3 Å². The number of rotatable bonds is 6. The van der Waals surface area contributed by atoms with E-state index >= 15 is 14.4 Å². The summed E-state index contributed by atoms with van der Waals surface area (Å²) in [7, 11) is 0. The number of carboxylic acid groups (broad SMARTS) is 1. The molecule has 234 valence electrons. The molecule has 2 bridgehead atoms. The predicted molar refractivity (Wildman–Crippen MR) is 181 cm³/mol. The van der Waals surface area contributed by atoms with Crippen molar-refractivity contribution in [3.8, 4) is 0 Å². The van der Waals surface area contributed by atoms with E-state index in [-0.39, 0.29) is 17.0 Å². The third kappa shape index (κ3) is 3.74. The fourth-order valence-electron chi connectivity index (χ4n) is 8.59. The molecule has 0 N–H and O–H groups in total. The van der Waals surface area contributed by atoms with Gasteiger partial charge in [-0.2, -0.15) is 0 Å². The van der Waals surface area contributed by atoms with Gasteiger partial charge in [-0.15, -0.1) is 0 Å². The average molecular weight is 629 g/mol. The molecular formula is C42H30NO5-. The Labute approximate surface area is 278 Å². The summed E-state index contributed by atoms with van der Waals surface area (Å²) in [5.74, 6) is -4.91. The quantitative estimate of drug-likeness (QED) is 0.220. The summed E-state index contributed by atoms with van der Waals surface area (Å²) >= 11 is 0. The number of aryl methyl sites for hydroxylation is 2. The number of nitrogens with zero attached hydrogens (tertiary/aromatic N) is 1. The molecular weight excluding hydrogens is 598 g/mol. The summed E-state index contributed by atoms with van der Waals surface area (Å²) in [4.78, 5) is 59.0. The SMILES string of the molecule is Cc1ccc(C2=C(c3ccc(C)cc3)[C@@]3(c4ccccc4)C(=O)[C@]2(c2ccccc2)[C@@H]2C(=O)N(c4cccc(C(=O)[O-])c4)C(=O)[C@@H]23)cc1. The molecule has 5 aromatic rings. The maximum Gasteiger partial charge on any atom is 0.239 e. The van der Waals surface area contributed by atoms with Crippen LogP contribution in [0.15, 0.2) is 133 Å². The van der Waals surface area contributed by atoms with Crippen molar-refractivity contribution in [1.82, 2.24) is 0 Å². The van der Waals surface area contributed by atoms with Crippen LogP contribution in [0.25, 0.3) is 11.1 Å². The Hall–Kier alpha value is -5.88. The van der Waals surface area contributed by atoms with Crippen LogP contribution in [-0.2, 0) is 25.2 Å². The number of fused-ring (bicyclic) bond motifs is 5. The highest BCUT2D eigenvalue weighted by molar-refractivity contribution is 6.39. The summed E-state index contributed by atoms with van der Waals surface area (Å²) in [6.07, 6.45) is 0. The van der Waals surface area contributed by atoms with Crippen LogP contribution in [0.3, 0.4) is 0 Å². The monoisotopic (exact) mass is 628 g/mol. The first-order chi connectivity index (χ1) is 23.2. The van der Waals surface area contributed by atoms with Crippen LogP contribution in [0.4, 0.5) is 5.69 Å². The highest BCUT2D eigenvalue weighted by Gasteiger charge is 2.82. The minimum absolute atomic E-state index is 0.133. The number of carbonyl (C=O) groups excluding carboxylic acids is 4. The summed E-state index contributed by atoms with van der Waals surface area (Å²) in [5, 5.41) is 11.9. The molecule has 2 aliphatic carbocycles. The van der Waals surface area contributed by atoms with Crippen LogP contribution >= 0.6 is 0 Å². The van der Waals surface area contributed by atoms with Gasteiger partial charge in [0.2, 0.25) is 11.8 Å². The molecule has 8 rings (SSSR count). The summed E-state index contributed by atoms with van der Waals surface area (Å²) < 4.78 is 0. The smallest absolute Gasteiger partial charge is 0.239 e. The van der Waals surface area contributed by atoms with E-state index in [1.54, 1.807) is 6.07 Å². The van der Waals surface area contributed by atoms with Gasteiger partial charge < -0.3 is 9.90 Å². The highest BCUT2D eigenvalue weighted by atomic mass is 16.4. The van der Waals surface area contributed by atoms with Crippen molar-refractivity contribution in [3.63, 3.8) is 0 Å².